The van der Waals surface area contributed by atoms with Crippen LogP contribution in [0.1, 0.15) is 32.6 Å². The predicted octanol–water partition coefficient (Wildman–Crippen LogP) is 1.99. The zero-order valence-corrected chi connectivity index (χ0v) is 7.80. The summed E-state index contributed by atoms with van der Waals surface area (Å²) in [4.78, 5) is 11.0. The average Bonchev–Trinajstić information content (AvgIpc) is 2.11. The molecule has 0 bridgehead atoms. The summed E-state index contributed by atoms with van der Waals surface area (Å²) in [5.41, 5.74) is 0. The third-order valence-corrected chi connectivity index (χ3v) is 1.78. The molecule has 0 N–H and O–H groups in total. The molecule has 0 saturated carbocycles. The second-order valence-electron chi connectivity index (χ2n) is 2.74. The van der Waals surface area contributed by atoms with Gasteiger partial charge in [-0.15, -0.1) is 6.42 Å². The Labute approximate surface area is 74.3 Å². The zero-order valence-electron chi connectivity index (χ0n) is 7.80. The highest BCUT2D eigenvalue weighted by molar-refractivity contribution is 5.75. The number of terminal acetylenes is 1. The van der Waals surface area contributed by atoms with Crippen molar-refractivity contribution in [2.24, 2.45) is 5.92 Å². The molecular formula is C10H16O2. The highest BCUT2D eigenvalue weighted by Gasteiger charge is 2.14. The Morgan fingerprint density at radius 2 is 2.25 bits per heavy atom. The Bertz CT molecular complexity index is 167. The number of methoxy groups -OCH3 is 1. The molecule has 0 aliphatic heterocycles. The summed E-state index contributed by atoms with van der Waals surface area (Å²) < 4.78 is 4.55. The Hall–Kier alpha value is -0.970. The molecule has 0 aliphatic carbocycles. The number of ether oxygens (including phenoxy) is 1. The number of hydrogen-bond acceptors (Lipinski definition) is 2. The molecule has 0 heterocycles. The molecule has 2 heteroatoms. The lowest BCUT2D eigenvalue weighted by atomic mass is 10.0. The molecule has 0 aromatic heterocycles. The first-order valence-corrected chi connectivity index (χ1v) is 4.30. The summed E-state index contributed by atoms with van der Waals surface area (Å²) in [5, 5.41) is 0. The third-order valence-electron chi connectivity index (χ3n) is 1.78. The molecule has 1 atom stereocenters. The molecule has 0 saturated heterocycles. The van der Waals surface area contributed by atoms with Gasteiger partial charge in [-0.2, -0.15) is 0 Å². The highest BCUT2D eigenvalue weighted by atomic mass is 16.5. The van der Waals surface area contributed by atoms with E-state index in [1.807, 2.05) is 0 Å². The number of rotatable bonds is 5. The predicted molar refractivity (Wildman–Crippen MR) is 48.5 cm³/mol. The number of hydrogen-bond donors (Lipinski definition) is 0. The fourth-order valence-corrected chi connectivity index (χ4v) is 1.01. The molecule has 0 spiro atoms. The molecule has 0 aromatic rings. The first-order valence-electron chi connectivity index (χ1n) is 4.30. The van der Waals surface area contributed by atoms with E-state index < -0.39 is 0 Å². The topological polar surface area (TPSA) is 26.3 Å². The second-order valence-corrected chi connectivity index (χ2v) is 2.74. The van der Waals surface area contributed by atoms with E-state index in [1.54, 1.807) is 0 Å². The standard InChI is InChI=1S/C10H16O2/c1-4-6-7-8-9(5-2)10(11)12-3/h2,9H,4,6-8H2,1,3H3. The van der Waals surface area contributed by atoms with Crippen molar-refractivity contribution in [3.63, 3.8) is 0 Å². The SMILES string of the molecule is C#CC(CCCCC)C(=O)OC. The van der Waals surface area contributed by atoms with Gasteiger partial charge in [-0.05, 0) is 6.42 Å². The number of carbonyl (C=O) groups is 1. The molecule has 0 rings (SSSR count). The maximum atomic E-state index is 11.0. The number of carbonyl (C=O) groups excluding carboxylic acids is 1. The van der Waals surface area contributed by atoms with Crippen LogP contribution in [0.25, 0.3) is 0 Å². The highest BCUT2D eigenvalue weighted by Crippen LogP contribution is 2.10. The Morgan fingerprint density at radius 3 is 2.67 bits per heavy atom. The van der Waals surface area contributed by atoms with E-state index in [0.29, 0.717) is 0 Å². The fraction of sp³-hybridized carbons (Fsp3) is 0.700. The van der Waals surface area contributed by atoms with Crippen LogP contribution in [0.3, 0.4) is 0 Å². The smallest absolute Gasteiger partial charge is 0.320 e. The Kier molecular flexibility index (Phi) is 6.18. The van der Waals surface area contributed by atoms with Crippen LogP contribution in [0.4, 0.5) is 0 Å². The maximum Gasteiger partial charge on any atom is 0.320 e. The van der Waals surface area contributed by atoms with Crippen LogP contribution >= 0.6 is 0 Å². The lowest BCUT2D eigenvalue weighted by Crippen LogP contribution is -2.13. The molecule has 12 heavy (non-hydrogen) atoms. The summed E-state index contributed by atoms with van der Waals surface area (Å²) in [6, 6.07) is 0. The largest absolute Gasteiger partial charge is 0.468 e. The van der Waals surface area contributed by atoms with Gasteiger partial charge in [0.1, 0.15) is 5.92 Å². The average molecular weight is 168 g/mol. The minimum absolute atomic E-state index is 0.284. The van der Waals surface area contributed by atoms with Gasteiger partial charge in [-0.1, -0.05) is 32.1 Å². The quantitative estimate of drug-likeness (QED) is 0.356. The minimum Gasteiger partial charge on any atom is -0.468 e. The van der Waals surface area contributed by atoms with Gasteiger partial charge >= 0.3 is 5.97 Å². The van der Waals surface area contributed by atoms with Gasteiger partial charge in [-0.3, -0.25) is 4.79 Å². The van der Waals surface area contributed by atoms with Crippen molar-refractivity contribution < 1.29 is 9.53 Å². The molecule has 68 valence electrons. The van der Waals surface area contributed by atoms with Crippen LogP contribution in [-0.4, -0.2) is 13.1 Å². The van der Waals surface area contributed by atoms with Crippen LogP contribution < -0.4 is 0 Å². The molecule has 1 unspecified atom stereocenters. The lowest BCUT2D eigenvalue weighted by molar-refractivity contribution is -0.143. The summed E-state index contributed by atoms with van der Waals surface area (Å²) in [5.74, 6) is 1.81. The van der Waals surface area contributed by atoms with E-state index in [1.165, 1.54) is 7.11 Å². The van der Waals surface area contributed by atoms with Gasteiger partial charge in [-0.25, -0.2) is 0 Å². The molecule has 0 fully saturated rings. The first kappa shape index (κ1) is 11.0. The molecule has 0 aromatic carbocycles. The van der Waals surface area contributed by atoms with Crippen LogP contribution in [-0.2, 0) is 9.53 Å². The van der Waals surface area contributed by atoms with E-state index in [2.05, 4.69) is 17.6 Å². The van der Waals surface area contributed by atoms with E-state index in [9.17, 15) is 4.79 Å². The summed E-state index contributed by atoms with van der Waals surface area (Å²) in [7, 11) is 1.37. The molecule has 2 nitrogen and oxygen atoms in total. The van der Waals surface area contributed by atoms with Gasteiger partial charge < -0.3 is 4.74 Å². The Morgan fingerprint density at radius 1 is 1.58 bits per heavy atom. The second kappa shape index (κ2) is 6.72. The van der Waals surface area contributed by atoms with E-state index in [0.717, 1.165) is 25.7 Å². The van der Waals surface area contributed by atoms with Crippen molar-refractivity contribution >= 4 is 5.97 Å². The molecule has 0 radical (unpaired) electrons. The van der Waals surface area contributed by atoms with Crippen molar-refractivity contribution in [3.8, 4) is 12.3 Å². The Balaban J connectivity index is 3.70. The summed E-state index contributed by atoms with van der Waals surface area (Å²) in [6.45, 7) is 2.11. The number of unbranched alkanes of at least 4 members (excludes halogenated alkanes) is 2. The van der Waals surface area contributed by atoms with Gasteiger partial charge in [0.15, 0.2) is 0 Å². The maximum absolute atomic E-state index is 11.0. The third kappa shape index (κ3) is 4.02. The van der Waals surface area contributed by atoms with Crippen LogP contribution in [0, 0.1) is 18.3 Å². The van der Waals surface area contributed by atoms with Crippen LogP contribution in [0.5, 0.6) is 0 Å². The van der Waals surface area contributed by atoms with E-state index in [4.69, 9.17) is 6.42 Å². The normalized spacial score (nSPS) is 11.8. The van der Waals surface area contributed by atoms with Crippen LogP contribution in [0.15, 0.2) is 0 Å². The fourth-order valence-electron chi connectivity index (χ4n) is 1.01. The van der Waals surface area contributed by atoms with E-state index >= 15 is 0 Å². The van der Waals surface area contributed by atoms with Gasteiger partial charge in [0, 0.05) is 0 Å². The molecular weight excluding hydrogens is 152 g/mol. The van der Waals surface area contributed by atoms with Crippen molar-refractivity contribution in [3.05, 3.63) is 0 Å². The van der Waals surface area contributed by atoms with Gasteiger partial charge in [0.05, 0.1) is 7.11 Å². The molecule has 0 aliphatic rings. The zero-order chi connectivity index (χ0) is 9.40. The van der Waals surface area contributed by atoms with Crippen molar-refractivity contribution in [2.45, 2.75) is 32.6 Å². The van der Waals surface area contributed by atoms with Gasteiger partial charge in [0.25, 0.3) is 0 Å². The van der Waals surface area contributed by atoms with Crippen LogP contribution in [0.2, 0.25) is 0 Å². The number of esters is 1. The summed E-state index contributed by atoms with van der Waals surface area (Å²) in [6.07, 6.45) is 9.19. The van der Waals surface area contributed by atoms with Crippen molar-refractivity contribution in [1.29, 1.82) is 0 Å². The lowest BCUT2D eigenvalue weighted by Gasteiger charge is -2.06. The minimum atomic E-state index is -0.346. The van der Waals surface area contributed by atoms with Crippen molar-refractivity contribution in [1.82, 2.24) is 0 Å². The van der Waals surface area contributed by atoms with Crippen molar-refractivity contribution in [2.75, 3.05) is 7.11 Å². The molecule has 0 amide bonds. The monoisotopic (exact) mass is 168 g/mol. The summed E-state index contributed by atoms with van der Waals surface area (Å²) >= 11 is 0. The first-order chi connectivity index (χ1) is 5.76. The van der Waals surface area contributed by atoms with E-state index in [-0.39, 0.29) is 11.9 Å². The van der Waals surface area contributed by atoms with Gasteiger partial charge in [0.2, 0.25) is 0 Å².